The highest BCUT2D eigenvalue weighted by molar-refractivity contribution is 7.79. The van der Waals surface area contributed by atoms with E-state index in [1.54, 1.807) is 0 Å². The second kappa shape index (κ2) is 3.34. The fourth-order valence-electron chi connectivity index (χ4n) is 4.80. The fraction of sp³-hybridized carbons (Fsp3) is 0.923. The monoisotopic (exact) mass is 238 g/mol. The Morgan fingerprint density at radius 2 is 1.31 bits per heavy atom. The lowest BCUT2D eigenvalue weighted by molar-refractivity contribution is -0.0257. The highest BCUT2D eigenvalue weighted by Gasteiger charge is 2.57. The number of thiocarbonyl (C=S) groups is 1. The Morgan fingerprint density at radius 1 is 0.812 bits per heavy atom. The summed E-state index contributed by atoms with van der Waals surface area (Å²) >= 11 is 5.01. The van der Waals surface area contributed by atoms with Gasteiger partial charge in [-0.25, -0.2) is 0 Å². The van der Waals surface area contributed by atoms with E-state index in [2.05, 4.69) is 0 Å². The molecule has 4 atom stereocenters. The lowest BCUT2D eigenvalue weighted by atomic mass is 9.55. The summed E-state index contributed by atoms with van der Waals surface area (Å²) in [5, 5.41) is 0.402. The minimum absolute atomic E-state index is 0.285. The zero-order valence-corrected chi connectivity index (χ0v) is 10.2. The van der Waals surface area contributed by atoms with Crippen LogP contribution >= 0.6 is 12.2 Å². The summed E-state index contributed by atoms with van der Waals surface area (Å²) in [5.41, 5.74) is 0. The quantitative estimate of drug-likeness (QED) is 0.605. The molecule has 5 aliphatic rings. The lowest BCUT2D eigenvalue weighted by Gasteiger charge is -2.50. The van der Waals surface area contributed by atoms with Crippen LogP contribution in [0, 0.1) is 23.7 Å². The van der Waals surface area contributed by atoms with Gasteiger partial charge in [-0.3, -0.25) is 0 Å². The van der Waals surface area contributed by atoms with E-state index in [-0.39, 0.29) is 12.2 Å². The summed E-state index contributed by atoms with van der Waals surface area (Å²) in [7, 11) is 0. The van der Waals surface area contributed by atoms with E-state index in [1.807, 2.05) is 0 Å². The molecular formula is C13H18O2S. The first-order valence-corrected chi connectivity index (χ1v) is 7.11. The van der Waals surface area contributed by atoms with E-state index in [4.69, 9.17) is 21.7 Å². The molecule has 0 aromatic rings. The van der Waals surface area contributed by atoms with Crippen LogP contribution in [-0.4, -0.2) is 17.4 Å². The Balaban J connectivity index is 1.60. The van der Waals surface area contributed by atoms with Crippen LogP contribution in [0.25, 0.3) is 0 Å². The summed E-state index contributed by atoms with van der Waals surface area (Å²) in [5.74, 6) is 3.82. The predicted octanol–water partition coefficient (Wildman–Crippen LogP) is 2.90. The highest BCUT2D eigenvalue weighted by Crippen LogP contribution is 2.60. The van der Waals surface area contributed by atoms with Crippen LogP contribution in [0.4, 0.5) is 0 Å². The Kier molecular flexibility index (Phi) is 2.03. The van der Waals surface area contributed by atoms with Gasteiger partial charge in [0.2, 0.25) is 0 Å². The zero-order chi connectivity index (χ0) is 10.7. The molecule has 0 aromatic carbocycles. The van der Waals surface area contributed by atoms with E-state index in [0.717, 1.165) is 23.7 Å². The molecule has 16 heavy (non-hydrogen) atoms. The molecule has 4 bridgehead atoms. The summed E-state index contributed by atoms with van der Waals surface area (Å²) < 4.78 is 11.3. The van der Waals surface area contributed by atoms with Gasteiger partial charge in [-0.2, -0.15) is 0 Å². The largest absolute Gasteiger partial charge is 0.450 e. The van der Waals surface area contributed by atoms with Crippen LogP contribution in [0.5, 0.6) is 0 Å². The molecule has 1 heterocycles. The van der Waals surface area contributed by atoms with E-state index in [0.29, 0.717) is 5.24 Å². The van der Waals surface area contributed by atoms with Crippen molar-refractivity contribution < 1.29 is 9.47 Å². The SMILES string of the molecule is S=C1O[C@H]2CC3C4CCCCC3C4C[C@H]2O1. The van der Waals surface area contributed by atoms with Crippen molar-refractivity contribution in [3.63, 3.8) is 0 Å². The third kappa shape index (κ3) is 1.21. The molecule has 0 N–H and O–H groups in total. The second-order valence-corrected chi connectivity index (χ2v) is 6.31. The second-order valence-electron chi connectivity index (χ2n) is 5.97. The maximum absolute atomic E-state index is 5.66. The van der Waals surface area contributed by atoms with Crippen LogP contribution in [-0.2, 0) is 9.47 Å². The van der Waals surface area contributed by atoms with Crippen molar-refractivity contribution >= 4 is 17.5 Å². The van der Waals surface area contributed by atoms with Crippen LogP contribution in [0.1, 0.15) is 38.5 Å². The lowest BCUT2D eigenvalue weighted by Crippen LogP contribution is -2.44. The van der Waals surface area contributed by atoms with Gasteiger partial charge in [-0.15, -0.1) is 0 Å². The third-order valence-corrected chi connectivity index (χ3v) is 5.64. The van der Waals surface area contributed by atoms with Crippen LogP contribution in [0.15, 0.2) is 0 Å². The topological polar surface area (TPSA) is 18.5 Å². The van der Waals surface area contributed by atoms with Crippen LogP contribution in [0.3, 0.4) is 0 Å². The van der Waals surface area contributed by atoms with E-state index >= 15 is 0 Å². The average molecular weight is 238 g/mol. The Labute approximate surface area is 102 Å². The molecule has 4 saturated carbocycles. The zero-order valence-electron chi connectivity index (χ0n) is 9.43. The van der Waals surface area contributed by atoms with Gasteiger partial charge in [0.15, 0.2) is 0 Å². The van der Waals surface area contributed by atoms with Gasteiger partial charge in [0.05, 0.1) is 0 Å². The van der Waals surface area contributed by atoms with Gasteiger partial charge in [-0.1, -0.05) is 12.8 Å². The van der Waals surface area contributed by atoms with Crippen molar-refractivity contribution in [1.29, 1.82) is 0 Å². The van der Waals surface area contributed by atoms with Gasteiger partial charge < -0.3 is 9.47 Å². The highest BCUT2D eigenvalue weighted by atomic mass is 32.1. The minimum Gasteiger partial charge on any atom is -0.450 e. The van der Waals surface area contributed by atoms with E-state index in [1.165, 1.54) is 38.5 Å². The summed E-state index contributed by atoms with van der Waals surface area (Å²) in [6.07, 6.45) is 8.78. The summed E-state index contributed by atoms with van der Waals surface area (Å²) in [4.78, 5) is 0. The Bertz CT molecular complexity index is 292. The maximum atomic E-state index is 5.66. The van der Waals surface area contributed by atoms with Crippen LogP contribution < -0.4 is 0 Å². The first-order valence-electron chi connectivity index (χ1n) is 6.70. The van der Waals surface area contributed by atoms with Crippen molar-refractivity contribution in [2.75, 3.05) is 0 Å². The number of hydrogen-bond acceptors (Lipinski definition) is 3. The summed E-state index contributed by atoms with van der Waals surface area (Å²) in [6, 6.07) is 0. The molecule has 4 aliphatic carbocycles. The molecule has 1 aliphatic heterocycles. The van der Waals surface area contributed by atoms with Crippen molar-refractivity contribution in [2.45, 2.75) is 50.7 Å². The molecule has 1 saturated heterocycles. The molecule has 2 nitrogen and oxygen atoms in total. The van der Waals surface area contributed by atoms with Gasteiger partial charge in [-0.05, 0) is 49.4 Å². The standard InChI is InChI=1S/C13H18O2S/c16-13-14-11-5-9-7-3-1-2-4-8(9)10(7)6-12(11)15-13/h7-12H,1-6H2/t7?,8?,9?,10?,11-,12+. The summed E-state index contributed by atoms with van der Waals surface area (Å²) in [6.45, 7) is 0. The van der Waals surface area contributed by atoms with Gasteiger partial charge >= 0.3 is 5.24 Å². The van der Waals surface area contributed by atoms with Crippen molar-refractivity contribution in [1.82, 2.24) is 0 Å². The first-order chi connectivity index (χ1) is 7.83. The molecule has 5 fully saturated rings. The fourth-order valence-corrected chi connectivity index (χ4v) is 5.05. The number of ether oxygens (including phenoxy) is 2. The van der Waals surface area contributed by atoms with Crippen molar-refractivity contribution in [2.24, 2.45) is 23.7 Å². The normalized spacial score (nSPS) is 53.9. The van der Waals surface area contributed by atoms with Gasteiger partial charge in [0.25, 0.3) is 0 Å². The molecule has 5 rings (SSSR count). The van der Waals surface area contributed by atoms with Crippen molar-refractivity contribution in [3.8, 4) is 0 Å². The molecule has 88 valence electrons. The molecule has 3 heteroatoms. The molecule has 2 unspecified atom stereocenters. The van der Waals surface area contributed by atoms with Crippen LogP contribution in [0.2, 0.25) is 0 Å². The predicted molar refractivity (Wildman–Crippen MR) is 64.0 cm³/mol. The molecular weight excluding hydrogens is 220 g/mol. The minimum atomic E-state index is 0.285. The van der Waals surface area contributed by atoms with E-state index in [9.17, 15) is 0 Å². The molecule has 0 spiro atoms. The third-order valence-electron chi connectivity index (χ3n) is 5.44. The molecule has 0 radical (unpaired) electrons. The smallest absolute Gasteiger partial charge is 0.353 e. The first kappa shape index (κ1) is 9.69. The number of hydrogen-bond donors (Lipinski definition) is 0. The number of rotatable bonds is 0. The van der Waals surface area contributed by atoms with E-state index < -0.39 is 0 Å². The van der Waals surface area contributed by atoms with Gasteiger partial charge in [0, 0.05) is 12.2 Å². The van der Waals surface area contributed by atoms with Crippen molar-refractivity contribution in [3.05, 3.63) is 0 Å². The molecule has 0 aromatic heterocycles. The average Bonchev–Trinajstić information content (AvgIpc) is 2.53. The van der Waals surface area contributed by atoms with Gasteiger partial charge in [0.1, 0.15) is 12.2 Å². The Hall–Kier alpha value is -0.310. The maximum Gasteiger partial charge on any atom is 0.353 e. The molecule has 0 amide bonds. The Morgan fingerprint density at radius 3 is 1.81 bits per heavy atom.